The van der Waals surface area contributed by atoms with Crippen LogP contribution in [0.3, 0.4) is 0 Å². The second-order valence-electron chi connectivity index (χ2n) is 6.35. The zero-order valence-electron chi connectivity index (χ0n) is 15.6. The second-order valence-corrected chi connectivity index (χ2v) is 7.37. The van der Waals surface area contributed by atoms with Crippen LogP contribution in [0, 0.1) is 0 Å². The lowest BCUT2D eigenvalue weighted by atomic mass is 10.2. The molecule has 0 aliphatic carbocycles. The summed E-state index contributed by atoms with van der Waals surface area (Å²) in [5.74, 6) is 0.688. The number of carbonyl (C=O) groups is 1. The predicted molar refractivity (Wildman–Crippen MR) is 109 cm³/mol. The number of carbonyl (C=O) groups excluding carboxylic acids is 1. The van der Waals surface area contributed by atoms with Crippen LogP contribution in [0.2, 0.25) is 0 Å². The van der Waals surface area contributed by atoms with E-state index in [4.69, 9.17) is 4.74 Å². The van der Waals surface area contributed by atoms with Crippen molar-refractivity contribution in [2.75, 3.05) is 6.61 Å². The number of fused-ring (bicyclic) bond motifs is 1. The summed E-state index contributed by atoms with van der Waals surface area (Å²) in [4.78, 5) is 25.3. The van der Waals surface area contributed by atoms with E-state index < -0.39 is 6.04 Å². The van der Waals surface area contributed by atoms with Crippen molar-refractivity contribution >= 4 is 27.5 Å². The minimum Gasteiger partial charge on any atom is -0.494 e. The van der Waals surface area contributed by atoms with E-state index in [1.807, 2.05) is 49.4 Å². The lowest BCUT2D eigenvalue weighted by Crippen LogP contribution is -2.34. The van der Waals surface area contributed by atoms with Crippen LogP contribution < -0.4 is 15.6 Å². The van der Waals surface area contributed by atoms with Gasteiger partial charge in [0.05, 0.1) is 16.7 Å². The number of aromatic nitrogens is 1. The number of benzene rings is 2. The molecule has 1 aromatic heterocycles. The summed E-state index contributed by atoms with van der Waals surface area (Å²) < 4.78 is 8.05. The number of ether oxygens (including phenoxy) is 1. The van der Waals surface area contributed by atoms with Gasteiger partial charge in [-0.05, 0) is 42.7 Å². The molecule has 1 atom stereocenters. The van der Waals surface area contributed by atoms with Crippen LogP contribution >= 0.6 is 11.5 Å². The molecule has 1 heterocycles. The van der Waals surface area contributed by atoms with Gasteiger partial charge in [0.2, 0.25) is 5.91 Å². The third-order valence-electron chi connectivity index (χ3n) is 4.35. The van der Waals surface area contributed by atoms with Crippen LogP contribution in [0.1, 0.15) is 38.3 Å². The average Bonchev–Trinajstić information content (AvgIpc) is 3.03. The predicted octanol–water partition coefficient (Wildman–Crippen LogP) is 4.12. The molecule has 6 heteroatoms. The highest BCUT2D eigenvalue weighted by Crippen LogP contribution is 2.21. The Morgan fingerprint density at radius 2 is 1.89 bits per heavy atom. The molecule has 0 aliphatic heterocycles. The van der Waals surface area contributed by atoms with Crippen LogP contribution in [0.25, 0.3) is 10.1 Å². The van der Waals surface area contributed by atoms with Crippen LogP contribution in [0.15, 0.2) is 53.3 Å². The molecule has 0 radical (unpaired) electrons. The Morgan fingerprint density at radius 1 is 1.15 bits per heavy atom. The third-order valence-corrected chi connectivity index (χ3v) is 5.52. The Kier molecular flexibility index (Phi) is 6.29. The van der Waals surface area contributed by atoms with Crippen molar-refractivity contribution in [1.29, 1.82) is 0 Å². The van der Waals surface area contributed by atoms with E-state index in [1.54, 1.807) is 10.0 Å². The Bertz CT molecular complexity index is 959. The number of nitrogens with one attached hydrogen (secondary N) is 1. The van der Waals surface area contributed by atoms with E-state index >= 15 is 0 Å². The molecule has 1 N–H and O–H groups in total. The Hall–Kier alpha value is -2.60. The van der Waals surface area contributed by atoms with Gasteiger partial charge >= 0.3 is 0 Å². The minimum absolute atomic E-state index is 0.102. The SMILES string of the molecule is CCCOc1ccc(CNC(=O)[C@H](CC)n2sc3ccccc3c2=O)cc1. The first-order chi connectivity index (χ1) is 13.1. The van der Waals surface area contributed by atoms with Crippen molar-refractivity contribution in [3.8, 4) is 5.75 Å². The molecule has 0 saturated heterocycles. The van der Waals surface area contributed by atoms with Gasteiger partial charge in [-0.1, -0.05) is 49.6 Å². The van der Waals surface area contributed by atoms with Gasteiger partial charge in [-0.2, -0.15) is 0 Å². The first-order valence-corrected chi connectivity index (χ1v) is 10.0. The normalized spacial score (nSPS) is 12.1. The Labute approximate surface area is 162 Å². The number of hydrogen-bond acceptors (Lipinski definition) is 4. The summed E-state index contributed by atoms with van der Waals surface area (Å²) in [7, 11) is 0. The smallest absolute Gasteiger partial charge is 0.269 e. The lowest BCUT2D eigenvalue weighted by Gasteiger charge is -2.15. The summed E-state index contributed by atoms with van der Waals surface area (Å²) in [6.45, 7) is 5.10. The monoisotopic (exact) mass is 384 g/mol. The molecule has 27 heavy (non-hydrogen) atoms. The molecule has 5 nitrogen and oxygen atoms in total. The van der Waals surface area contributed by atoms with E-state index in [2.05, 4.69) is 12.2 Å². The zero-order chi connectivity index (χ0) is 19.2. The number of amides is 1. The fourth-order valence-electron chi connectivity index (χ4n) is 2.88. The third kappa shape index (κ3) is 4.39. The van der Waals surface area contributed by atoms with Crippen LogP contribution in [0.4, 0.5) is 0 Å². The van der Waals surface area contributed by atoms with Gasteiger partial charge in [0, 0.05) is 6.54 Å². The van der Waals surface area contributed by atoms with Gasteiger partial charge in [-0.15, -0.1) is 0 Å². The lowest BCUT2D eigenvalue weighted by molar-refractivity contribution is -0.124. The van der Waals surface area contributed by atoms with E-state index in [0.717, 1.165) is 22.4 Å². The average molecular weight is 385 g/mol. The van der Waals surface area contributed by atoms with Crippen molar-refractivity contribution in [3.05, 3.63) is 64.4 Å². The summed E-state index contributed by atoms with van der Waals surface area (Å²) in [5.41, 5.74) is 0.890. The Morgan fingerprint density at radius 3 is 2.56 bits per heavy atom. The van der Waals surface area contributed by atoms with Crippen LogP contribution in [-0.4, -0.2) is 16.5 Å². The van der Waals surface area contributed by atoms with E-state index in [0.29, 0.717) is 25.0 Å². The van der Waals surface area contributed by atoms with Crippen molar-refractivity contribution < 1.29 is 9.53 Å². The highest BCUT2D eigenvalue weighted by Gasteiger charge is 2.22. The van der Waals surface area contributed by atoms with Crippen molar-refractivity contribution in [3.63, 3.8) is 0 Å². The standard InChI is InChI=1S/C21H24N2O3S/c1-3-13-26-16-11-9-15(10-12-16)14-22-20(24)18(4-2)23-21(25)17-7-5-6-8-19(17)27-23/h5-12,18H,3-4,13-14H2,1-2H3,(H,22,24)/t18-/m0/s1. The molecular formula is C21H24N2O3S. The summed E-state index contributed by atoms with van der Waals surface area (Å²) in [6.07, 6.45) is 1.52. The quantitative estimate of drug-likeness (QED) is 0.635. The van der Waals surface area contributed by atoms with Gasteiger partial charge in [0.25, 0.3) is 5.56 Å². The molecule has 3 aromatic rings. The molecule has 142 valence electrons. The molecule has 1 amide bonds. The van der Waals surface area contributed by atoms with Gasteiger partial charge < -0.3 is 10.1 Å². The molecule has 0 bridgehead atoms. The van der Waals surface area contributed by atoms with Crippen LogP contribution in [0.5, 0.6) is 5.75 Å². The molecule has 0 spiro atoms. The maximum Gasteiger partial charge on any atom is 0.269 e. The number of rotatable bonds is 8. The van der Waals surface area contributed by atoms with Crippen LogP contribution in [-0.2, 0) is 11.3 Å². The highest BCUT2D eigenvalue weighted by atomic mass is 32.1. The fourth-order valence-corrected chi connectivity index (χ4v) is 4.04. The van der Waals surface area contributed by atoms with E-state index in [-0.39, 0.29) is 11.5 Å². The molecule has 2 aromatic carbocycles. The van der Waals surface area contributed by atoms with Gasteiger partial charge in [-0.3, -0.25) is 13.5 Å². The first kappa shape index (κ1) is 19.2. The maximum absolute atomic E-state index is 12.7. The summed E-state index contributed by atoms with van der Waals surface area (Å²) >= 11 is 1.34. The minimum atomic E-state index is -0.498. The van der Waals surface area contributed by atoms with E-state index in [1.165, 1.54) is 11.5 Å². The topological polar surface area (TPSA) is 60.3 Å². The molecule has 0 fully saturated rings. The first-order valence-electron chi connectivity index (χ1n) is 9.24. The van der Waals surface area contributed by atoms with E-state index in [9.17, 15) is 9.59 Å². The maximum atomic E-state index is 12.7. The van der Waals surface area contributed by atoms with Crippen molar-refractivity contribution in [1.82, 2.24) is 9.27 Å². The highest BCUT2D eigenvalue weighted by molar-refractivity contribution is 7.14. The molecule has 0 unspecified atom stereocenters. The molecule has 0 aliphatic rings. The second kappa shape index (κ2) is 8.86. The fraction of sp³-hybridized carbons (Fsp3) is 0.333. The number of hydrogen-bond donors (Lipinski definition) is 1. The van der Waals surface area contributed by atoms with Gasteiger partial charge in [0.15, 0.2) is 0 Å². The Balaban J connectivity index is 1.68. The zero-order valence-corrected chi connectivity index (χ0v) is 16.4. The summed E-state index contributed by atoms with van der Waals surface area (Å²) in [6, 6.07) is 14.7. The molecular weight excluding hydrogens is 360 g/mol. The largest absolute Gasteiger partial charge is 0.494 e. The van der Waals surface area contributed by atoms with Gasteiger partial charge in [0.1, 0.15) is 11.8 Å². The van der Waals surface area contributed by atoms with Crippen molar-refractivity contribution in [2.45, 2.75) is 39.3 Å². The molecule has 0 saturated carbocycles. The summed E-state index contributed by atoms with van der Waals surface area (Å²) in [5, 5.41) is 3.61. The van der Waals surface area contributed by atoms with Crippen molar-refractivity contribution in [2.24, 2.45) is 0 Å². The van der Waals surface area contributed by atoms with Gasteiger partial charge in [-0.25, -0.2) is 0 Å². The molecule has 3 rings (SSSR count). The number of nitrogens with zero attached hydrogens (tertiary/aromatic N) is 1.